The van der Waals surface area contributed by atoms with Crippen LogP contribution in [0.2, 0.25) is 0 Å². The first-order valence-electron chi connectivity index (χ1n) is 10.3. The molecule has 7 nitrogen and oxygen atoms in total. The Kier molecular flexibility index (Phi) is 5.07. The second kappa shape index (κ2) is 8.05. The molecule has 0 saturated heterocycles. The highest BCUT2D eigenvalue weighted by molar-refractivity contribution is 7.17. The third kappa shape index (κ3) is 3.69. The van der Waals surface area contributed by atoms with Gasteiger partial charge in [0.1, 0.15) is 0 Å². The summed E-state index contributed by atoms with van der Waals surface area (Å²) in [5, 5.41) is 2.89. The van der Waals surface area contributed by atoms with Crippen LogP contribution in [-0.2, 0) is 4.79 Å². The number of thiazole rings is 1. The number of aromatic nitrogens is 2. The molecule has 0 atom stereocenters. The number of nitrogens with zero attached hydrogens (tertiary/aromatic N) is 3. The number of fused-ring (bicyclic) bond motifs is 2. The highest BCUT2D eigenvalue weighted by atomic mass is 32.1. The molecule has 0 fully saturated rings. The van der Waals surface area contributed by atoms with E-state index in [0.717, 1.165) is 16.2 Å². The summed E-state index contributed by atoms with van der Waals surface area (Å²) in [7, 11) is 0. The maximum absolute atomic E-state index is 12.4. The summed E-state index contributed by atoms with van der Waals surface area (Å²) in [6, 6.07) is 14.3. The number of nitrogens with one attached hydrogen (secondary N) is 1. The molecule has 5 rings (SSSR count). The van der Waals surface area contributed by atoms with Crippen LogP contribution in [0.1, 0.15) is 38.4 Å². The first-order valence-corrected chi connectivity index (χ1v) is 11.1. The first kappa shape index (κ1) is 20.1. The number of hydrogen-bond acceptors (Lipinski definition) is 5. The van der Waals surface area contributed by atoms with Crippen LogP contribution >= 0.6 is 11.3 Å². The number of imide groups is 1. The number of aryl methyl sites for hydroxylation is 1. The molecule has 1 aliphatic heterocycles. The van der Waals surface area contributed by atoms with Gasteiger partial charge in [0, 0.05) is 41.5 Å². The van der Waals surface area contributed by atoms with Crippen LogP contribution in [-0.4, -0.2) is 38.6 Å². The van der Waals surface area contributed by atoms with Crippen molar-refractivity contribution >= 4 is 39.7 Å². The molecule has 0 bridgehead atoms. The summed E-state index contributed by atoms with van der Waals surface area (Å²) in [5.41, 5.74) is 3.29. The highest BCUT2D eigenvalue weighted by Crippen LogP contribution is 2.26. The molecule has 4 aromatic rings. The lowest BCUT2D eigenvalue weighted by Crippen LogP contribution is -2.31. The van der Waals surface area contributed by atoms with Crippen molar-refractivity contribution in [1.82, 2.24) is 14.3 Å². The number of benzene rings is 2. The van der Waals surface area contributed by atoms with Crippen molar-refractivity contribution < 1.29 is 14.4 Å². The number of rotatable bonds is 6. The number of anilines is 1. The van der Waals surface area contributed by atoms with E-state index in [2.05, 4.69) is 10.3 Å². The van der Waals surface area contributed by atoms with Gasteiger partial charge < -0.3 is 5.32 Å². The van der Waals surface area contributed by atoms with Crippen molar-refractivity contribution in [1.29, 1.82) is 0 Å². The fourth-order valence-electron chi connectivity index (χ4n) is 3.87. The standard InChI is InChI=1S/C24H20N4O3S/c1-15-13-27-14-20(26-24(27)32-15)16-6-4-7-17(12-16)25-21(29)10-5-11-28-22(30)18-8-2-3-9-19(18)23(28)31/h2-4,6-9,12-14H,5,10-11H2,1H3,(H,25,29). The smallest absolute Gasteiger partial charge is 0.261 e. The van der Waals surface area contributed by atoms with Gasteiger partial charge in [-0.1, -0.05) is 24.3 Å². The molecule has 2 aromatic heterocycles. The van der Waals surface area contributed by atoms with Crippen LogP contribution in [0.15, 0.2) is 60.9 Å². The minimum absolute atomic E-state index is 0.166. The lowest BCUT2D eigenvalue weighted by Gasteiger charge is -2.13. The topological polar surface area (TPSA) is 83.8 Å². The van der Waals surface area contributed by atoms with E-state index in [9.17, 15) is 14.4 Å². The predicted octanol–water partition coefficient (Wildman–Crippen LogP) is 4.39. The van der Waals surface area contributed by atoms with Gasteiger partial charge in [0.05, 0.1) is 16.8 Å². The first-order chi connectivity index (χ1) is 15.5. The Bertz CT molecular complexity index is 1300. The van der Waals surface area contributed by atoms with E-state index >= 15 is 0 Å². The Morgan fingerprint density at radius 3 is 2.50 bits per heavy atom. The van der Waals surface area contributed by atoms with Gasteiger partial charge in [-0.3, -0.25) is 23.7 Å². The molecule has 32 heavy (non-hydrogen) atoms. The van der Waals surface area contributed by atoms with Crippen molar-refractivity contribution in [2.75, 3.05) is 11.9 Å². The van der Waals surface area contributed by atoms with E-state index in [0.29, 0.717) is 23.2 Å². The summed E-state index contributed by atoms with van der Waals surface area (Å²) in [6.45, 7) is 2.26. The second-order valence-electron chi connectivity index (χ2n) is 7.70. The quantitative estimate of drug-likeness (QED) is 0.447. The molecular formula is C24H20N4O3S. The van der Waals surface area contributed by atoms with Crippen molar-refractivity contribution in [3.8, 4) is 11.3 Å². The molecule has 160 valence electrons. The predicted molar refractivity (Wildman–Crippen MR) is 123 cm³/mol. The van der Waals surface area contributed by atoms with Crippen LogP contribution < -0.4 is 5.32 Å². The molecule has 0 radical (unpaired) electrons. The third-order valence-corrected chi connectivity index (χ3v) is 6.29. The maximum atomic E-state index is 12.4. The van der Waals surface area contributed by atoms with Crippen molar-refractivity contribution in [3.63, 3.8) is 0 Å². The normalized spacial score (nSPS) is 13.1. The van der Waals surface area contributed by atoms with E-state index in [4.69, 9.17) is 0 Å². The zero-order valence-corrected chi connectivity index (χ0v) is 18.2. The SMILES string of the molecule is Cc1cn2cc(-c3cccc(NC(=O)CCCN4C(=O)c5ccccc5C4=O)c3)nc2s1. The molecule has 1 aliphatic rings. The molecule has 0 unspecified atom stereocenters. The minimum Gasteiger partial charge on any atom is -0.326 e. The Balaban J connectivity index is 1.19. The number of carbonyl (C=O) groups excluding carboxylic acids is 3. The number of hydrogen-bond donors (Lipinski definition) is 1. The van der Waals surface area contributed by atoms with E-state index in [1.54, 1.807) is 35.6 Å². The fourth-order valence-corrected chi connectivity index (χ4v) is 4.68. The minimum atomic E-state index is -0.297. The average molecular weight is 445 g/mol. The van der Waals surface area contributed by atoms with Crippen LogP contribution in [0, 0.1) is 6.92 Å². The third-order valence-electron chi connectivity index (χ3n) is 5.38. The molecule has 2 aromatic carbocycles. The van der Waals surface area contributed by atoms with E-state index in [1.165, 1.54) is 9.78 Å². The summed E-state index contributed by atoms with van der Waals surface area (Å²) in [4.78, 5) is 45.2. The highest BCUT2D eigenvalue weighted by Gasteiger charge is 2.34. The number of imidazole rings is 1. The molecule has 0 spiro atoms. The monoisotopic (exact) mass is 444 g/mol. The Morgan fingerprint density at radius 2 is 1.78 bits per heavy atom. The molecule has 0 saturated carbocycles. The zero-order valence-electron chi connectivity index (χ0n) is 17.4. The molecule has 8 heteroatoms. The van der Waals surface area contributed by atoms with Gasteiger partial charge in [0.15, 0.2) is 4.96 Å². The van der Waals surface area contributed by atoms with E-state index in [-0.39, 0.29) is 30.7 Å². The fraction of sp³-hybridized carbons (Fsp3) is 0.167. The van der Waals surface area contributed by atoms with Crippen LogP contribution in [0.4, 0.5) is 5.69 Å². The van der Waals surface area contributed by atoms with Gasteiger partial charge in [0.2, 0.25) is 5.91 Å². The zero-order chi connectivity index (χ0) is 22.2. The van der Waals surface area contributed by atoms with Crippen LogP contribution in [0.25, 0.3) is 16.2 Å². The number of carbonyl (C=O) groups is 3. The molecule has 1 N–H and O–H groups in total. The Morgan fingerprint density at radius 1 is 1.03 bits per heavy atom. The van der Waals surface area contributed by atoms with Gasteiger partial charge in [-0.05, 0) is 37.6 Å². The summed E-state index contributed by atoms with van der Waals surface area (Å²) >= 11 is 1.63. The largest absolute Gasteiger partial charge is 0.326 e. The van der Waals surface area contributed by atoms with Gasteiger partial charge in [-0.25, -0.2) is 4.98 Å². The van der Waals surface area contributed by atoms with Gasteiger partial charge in [0.25, 0.3) is 11.8 Å². The number of amides is 3. The Hall–Kier alpha value is -3.78. The molecule has 3 amide bonds. The van der Waals surface area contributed by atoms with Gasteiger partial charge in [-0.15, -0.1) is 11.3 Å². The maximum Gasteiger partial charge on any atom is 0.261 e. The van der Waals surface area contributed by atoms with E-state index < -0.39 is 0 Å². The lowest BCUT2D eigenvalue weighted by molar-refractivity contribution is -0.116. The van der Waals surface area contributed by atoms with Crippen molar-refractivity contribution in [2.24, 2.45) is 0 Å². The average Bonchev–Trinajstić information content (AvgIpc) is 3.40. The summed E-state index contributed by atoms with van der Waals surface area (Å²) < 4.78 is 2.00. The van der Waals surface area contributed by atoms with Gasteiger partial charge >= 0.3 is 0 Å². The molecular weight excluding hydrogens is 424 g/mol. The summed E-state index contributed by atoms with van der Waals surface area (Å²) in [5.74, 6) is -0.761. The second-order valence-corrected chi connectivity index (χ2v) is 8.91. The van der Waals surface area contributed by atoms with E-state index in [1.807, 2.05) is 48.0 Å². The molecule has 3 heterocycles. The van der Waals surface area contributed by atoms with Crippen LogP contribution in [0.5, 0.6) is 0 Å². The van der Waals surface area contributed by atoms with Crippen LogP contribution in [0.3, 0.4) is 0 Å². The van der Waals surface area contributed by atoms with Crippen molar-refractivity contribution in [2.45, 2.75) is 19.8 Å². The van der Waals surface area contributed by atoms with Gasteiger partial charge in [-0.2, -0.15) is 0 Å². The lowest BCUT2D eigenvalue weighted by atomic mass is 10.1. The summed E-state index contributed by atoms with van der Waals surface area (Å²) in [6.07, 6.45) is 4.61. The van der Waals surface area contributed by atoms with Crippen molar-refractivity contribution in [3.05, 3.63) is 76.9 Å². The molecule has 0 aliphatic carbocycles. The Labute approximate surface area is 188 Å².